The highest BCUT2D eigenvalue weighted by atomic mass is 16.7. The van der Waals surface area contributed by atoms with E-state index in [2.05, 4.69) is 5.32 Å². The van der Waals surface area contributed by atoms with E-state index >= 15 is 0 Å². The number of nitrogens with zero attached hydrogens (tertiary/aromatic N) is 1. The quantitative estimate of drug-likeness (QED) is 0.119. The van der Waals surface area contributed by atoms with Gasteiger partial charge in [0.1, 0.15) is 19.5 Å². The molecule has 0 aromatic carbocycles. The van der Waals surface area contributed by atoms with Gasteiger partial charge in [-0.1, -0.05) is 30.4 Å². The van der Waals surface area contributed by atoms with Crippen molar-refractivity contribution < 1.29 is 33.5 Å². The molecule has 0 aromatic rings. The Morgan fingerprint density at radius 3 is 2.66 bits per heavy atom. The number of nitrogens with two attached hydrogens (primary N) is 1. The summed E-state index contributed by atoms with van der Waals surface area (Å²) in [4.78, 5) is 51.7. The Hall–Kier alpha value is -3.47. The van der Waals surface area contributed by atoms with E-state index in [-0.39, 0.29) is 45.2 Å². The number of amides is 2. The van der Waals surface area contributed by atoms with Gasteiger partial charge in [0.15, 0.2) is 5.96 Å². The largest absolute Gasteiger partial charge is 0.508 e. The van der Waals surface area contributed by atoms with Crippen LogP contribution in [0.2, 0.25) is 0 Å². The van der Waals surface area contributed by atoms with Gasteiger partial charge in [-0.3, -0.25) is 19.8 Å². The lowest BCUT2D eigenvalue weighted by Crippen LogP contribution is -2.35. The number of guanidine groups is 1. The average molecular weight is 406 g/mol. The molecule has 11 heteroatoms. The molecular formula is C18H22N4O7. The van der Waals surface area contributed by atoms with Gasteiger partial charge in [-0.25, -0.2) is 4.79 Å². The molecular weight excluding hydrogens is 384 g/mol. The van der Waals surface area contributed by atoms with Crippen LogP contribution in [0.25, 0.3) is 0 Å². The van der Waals surface area contributed by atoms with E-state index in [1.807, 2.05) is 0 Å². The summed E-state index contributed by atoms with van der Waals surface area (Å²) in [5, 5.41) is 10.1. The smallest absolute Gasteiger partial charge is 0.432 e. The summed E-state index contributed by atoms with van der Waals surface area (Å²) in [6.07, 6.45) is 7.81. The fourth-order valence-electron chi connectivity index (χ4n) is 2.41. The number of carbonyl (C=O) groups excluding carboxylic acids is 4. The molecule has 0 saturated carbocycles. The minimum absolute atomic E-state index is 0.0211. The van der Waals surface area contributed by atoms with Crippen LogP contribution >= 0.6 is 0 Å². The molecule has 29 heavy (non-hydrogen) atoms. The Balaban J connectivity index is 1.83. The maximum Gasteiger partial charge on any atom is 0.508 e. The lowest BCUT2D eigenvalue weighted by atomic mass is 9.90. The zero-order valence-electron chi connectivity index (χ0n) is 15.6. The number of ether oxygens (including phenoxy) is 2. The standard InChI is InChI=1S/C18H22N4O7/c19-16(20)21-8-9-27-17(26)28-10-13-2-1-6-18(11-23,7-5-13)12-29-22-14(24)3-4-15(22)25/h1-2,5-7,11H,3-4,8-10,12H2,(H4,19,20,21). The second kappa shape index (κ2) is 10.2. The summed E-state index contributed by atoms with van der Waals surface area (Å²) in [7, 11) is 0. The molecule has 0 spiro atoms. The number of nitrogens with one attached hydrogen (secondary N) is 2. The van der Waals surface area contributed by atoms with Gasteiger partial charge in [0.25, 0.3) is 11.8 Å². The highest BCUT2D eigenvalue weighted by Gasteiger charge is 2.34. The molecule has 1 aliphatic heterocycles. The normalized spacial score (nSPS) is 20.8. The van der Waals surface area contributed by atoms with Crippen LogP contribution in [0, 0.1) is 10.8 Å². The van der Waals surface area contributed by atoms with E-state index in [4.69, 9.17) is 25.5 Å². The van der Waals surface area contributed by atoms with Gasteiger partial charge in [0, 0.05) is 12.8 Å². The Bertz CT molecular complexity index is 758. The molecule has 0 bridgehead atoms. The first-order valence-corrected chi connectivity index (χ1v) is 8.75. The van der Waals surface area contributed by atoms with Crippen molar-refractivity contribution in [2.24, 2.45) is 11.1 Å². The van der Waals surface area contributed by atoms with Gasteiger partial charge in [-0.15, -0.1) is 0 Å². The highest BCUT2D eigenvalue weighted by molar-refractivity contribution is 6.00. The van der Waals surface area contributed by atoms with Crippen molar-refractivity contribution in [3.05, 3.63) is 36.0 Å². The molecule has 1 saturated heterocycles. The number of allylic oxidation sites excluding steroid dienone is 2. The molecule has 1 atom stereocenters. The van der Waals surface area contributed by atoms with E-state index in [0.717, 1.165) is 0 Å². The molecule has 156 valence electrons. The molecule has 2 rings (SSSR count). The van der Waals surface area contributed by atoms with Crippen molar-refractivity contribution in [2.45, 2.75) is 12.8 Å². The van der Waals surface area contributed by atoms with Crippen molar-refractivity contribution in [2.75, 3.05) is 26.4 Å². The third-order valence-electron chi connectivity index (χ3n) is 3.99. The van der Waals surface area contributed by atoms with Crippen molar-refractivity contribution in [1.29, 1.82) is 5.41 Å². The van der Waals surface area contributed by atoms with E-state index in [0.29, 0.717) is 16.9 Å². The van der Waals surface area contributed by atoms with E-state index in [1.54, 1.807) is 24.3 Å². The fourth-order valence-corrected chi connectivity index (χ4v) is 2.41. The van der Waals surface area contributed by atoms with Crippen LogP contribution in [-0.2, 0) is 28.7 Å². The minimum atomic E-state index is -1.18. The molecule has 1 fully saturated rings. The van der Waals surface area contributed by atoms with Crippen molar-refractivity contribution in [3.8, 4) is 0 Å². The van der Waals surface area contributed by atoms with Gasteiger partial charge in [0.05, 0.1) is 18.6 Å². The molecule has 1 unspecified atom stereocenters. The number of aldehydes is 1. The molecule has 1 aliphatic carbocycles. The Kier molecular flexibility index (Phi) is 7.66. The first-order chi connectivity index (χ1) is 13.8. The van der Waals surface area contributed by atoms with E-state index in [9.17, 15) is 19.2 Å². The van der Waals surface area contributed by atoms with Gasteiger partial charge in [-0.05, 0) is 5.57 Å². The first-order valence-electron chi connectivity index (χ1n) is 8.75. The van der Waals surface area contributed by atoms with Gasteiger partial charge < -0.3 is 25.3 Å². The third-order valence-corrected chi connectivity index (χ3v) is 3.99. The lowest BCUT2D eigenvalue weighted by Gasteiger charge is -2.22. The molecule has 11 nitrogen and oxygen atoms in total. The second-order valence-electron chi connectivity index (χ2n) is 6.25. The van der Waals surface area contributed by atoms with E-state index in [1.165, 1.54) is 6.08 Å². The predicted molar refractivity (Wildman–Crippen MR) is 99.1 cm³/mol. The van der Waals surface area contributed by atoms with Crippen LogP contribution in [-0.4, -0.2) is 61.6 Å². The molecule has 0 radical (unpaired) electrons. The zero-order valence-corrected chi connectivity index (χ0v) is 15.6. The van der Waals surface area contributed by atoms with Crippen molar-refractivity contribution in [3.63, 3.8) is 0 Å². The number of hydrogen-bond acceptors (Lipinski definition) is 8. The average Bonchev–Trinajstić information content (AvgIpc) is 2.89. The maximum atomic E-state index is 11.6. The SMILES string of the molecule is N=C(N)NCCOC(=O)OCC1=CC=CC(C=O)(CON2C(=O)CCC2=O)C=C1. The van der Waals surface area contributed by atoms with Crippen LogP contribution in [0.5, 0.6) is 0 Å². The van der Waals surface area contributed by atoms with Gasteiger partial charge in [-0.2, -0.15) is 5.06 Å². The number of imide groups is 1. The second-order valence-corrected chi connectivity index (χ2v) is 6.25. The topological polar surface area (TPSA) is 161 Å². The van der Waals surface area contributed by atoms with Crippen LogP contribution in [0.4, 0.5) is 4.79 Å². The number of hydrogen-bond donors (Lipinski definition) is 3. The van der Waals surface area contributed by atoms with Crippen molar-refractivity contribution >= 4 is 30.2 Å². The summed E-state index contributed by atoms with van der Waals surface area (Å²) < 4.78 is 9.77. The minimum Gasteiger partial charge on any atom is -0.432 e. The molecule has 4 N–H and O–H groups in total. The molecule has 1 heterocycles. The maximum absolute atomic E-state index is 11.6. The van der Waals surface area contributed by atoms with E-state index < -0.39 is 23.4 Å². The van der Waals surface area contributed by atoms with Crippen LogP contribution in [0.15, 0.2) is 36.0 Å². The third kappa shape index (κ3) is 6.57. The summed E-state index contributed by atoms with van der Waals surface area (Å²) in [6, 6.07) is 0. The van der Waals surface area contributed by atoms with Gasteiger partial charge in [0.2, 0.25) is 0 Å². The lowest BCUT2D eigenvalue weighted by molar-refractivity contribution is -0.192. The highest BCUT2D eigenvalue weighted by Crippen LogP contribution is 2.25. The van der Waals surface area contributed by atoms with Crippen LogP contribution in [0.1, 0.15) is 12.8 Å². The molecule has 2 amide bonds. The summed E-state index contributed by atoms with van der Waals surface area (Å²) in [5.74, 6) is -1.12. The van der Waals surface area contributed by atoms with Crippen LogP contribution < -0.4 is 11.1 Å². The van der Waals surface area contributed by atoms with Gasteiger partial charge >= 0.3 is 6.16 Å². The summed E-state index contributed by atoms with van der Waals surface area (Å²) in [6.45, 7) is -0.167. The van der Waals surface area contributed by atoms with Crippen LogP contribution in [0.3, 0.4) is 0 Å². The molecule has 0 aromatic heterocycles. The fraction of sp³-hybridized carbons (Fsp3) is 0.389. The number of rotatable bonds is 9. The summed E-state index contributed by atoms with van der Waals surface area (Å²) in [5.41, 5.74) is 4.49. The van der Waals surface area contributed by atoms with Crippen molar-refractivity contribution in [1.82, 2.24) is 10.4 Å². The number of carbonyl (C=O) groups is 4. The first kappa shape index (κ1) is 21.8. The Morgan fingerprint density at radius 2 is 2.00 bits per heavy atom. The number of hydroxylamine groups is 2. The Labute approximate surface area is 166 Å². The molecule has 2 aliphatic rings. The monoisotopic (exact) mass is 406 g/mol. The predicted octanol–water partition coefficient (Wildman–Crippen LogP) is -0.0590. The summed E-state index contributed by atoms with van der Waals surface area (Å²) >= 11 is 0. The Morgan fingerprint density at radius 1 is 1.28 bits per heavy atom. The zero-order chi connectivity index (χ0) is 21.3.